The van der Waals surface area contributed by atoms with Gasteiger partial charge in [0.25, 0.3) is 0 Å². The van der Waals surface area contributed by atoms with Gasteiger partial charge in [-0.1, -0.05) is 0 Å². The van der Waals surface area contributed by atoms with Gasteiger partial charge in [0.2, 0.25) is 0 Å². The Morgan fingerprint density at radius 2 is 2.08 bits per heavy atom. The summed E-state index contributed by atoms with van der Waals surface area (Å²) in [4.78, 5) is 10.7. The van der Waals surface area contributed by atoms with Gasteiger partial charge in [0, 0.05) is 0 Å². The van der Waals surface area contributed by atoms with Gasteiger partial charge in [0.05, 0.1) is 5.92 Å². The fourth-order valence-electron chi connectivity index (χ4n) is 2.45. The third-order valence-electron chi connectivity index (χ3n) is 3.07. The number of hydrogen-bond acceptors (Lipinski definition) is 2. The lowest BCUT2D eigenvalue weighted by Gasteiger charge is -2.11. The molecule has 2 rings (SSSR count). The second-order valence-corrected chi connectivity index (χ2v) is 3.60. The highest BCUT2D eigenvalue weighted by Crippen LogP contribution is 2.39. The highest BCUT2D eigenvalue weighted by molar-refractivity contribution is 5.85. The minimum Gasteiger partial charge on any atom is -0.481 e. The van der Waals surface area contributed by atoms with Crippen LogP contribution in [-0.4, -0.2) is 24.2 Å². The maximum atomic E-state index is 10.7. The van der Waals surface area contributed by atoms with Crippen molar-refractivity contribution in [1.29, 1.82) is 0 Å². The van der Waals surface area contributed by atoms with E-state index in [1.807, 2.05) is 0 Å². The van der Waals surface area contributed by atoms with Crippen LogP contribution in [0.25, 0.3) is 0 Å². The molecule has 0 spiro atoms. The first-order chi connectivity index (χ1) is 5.29. The van der Waals surface area contributed by atoms with E-state index in [0.29, 0.717) is 11.8 Å². The van der Waals surface area contributed by atoms with Crippen LogP contribution in [0.4, 0.5) is 0 Å². The van der Waals surface area contributed by atoms with Crippen molar-refractivity contribution in [3.63, 3.8) is 0 Å². The third kappa shape index (κ3) is 1.43. The van der Waals surface area contributed by atoms with Gasteiger partial charge in [0.15, 0.2) is 0 Å². The molecule has 0 aromatic heterocycles. The molecule has 2 aliphatic rings. The molecule has 3 nitrogen and oxygen atoms in total. The Labute approximate surface area is 77.9 Å². The highest BCUT2D eigenvalue weighted by atomic mass is 35.5. The smallest absolute Gasteiger partial charge is 0.306 e. The largest absolute Gasteiger partial charge is 0.481 e. The SMILES string of the molecule is Cl.O=C(O)C1CCC2CNCC21. The van der Waals surface area contributed by atoms with Crippen molar-refractivity contribution in [3.05, 3.63) is 0 Å². The number of carbonyl (C=O) groups is 1. The standard InChI is InChI=1S/C8H13NO2.ClH/c10-8(11)6-2-1-5-3-9-4-7(5)6;/h5-7,9H,1-4H2,(H,10,11);1H. The van der Waals surface area contributed by atoms with Crippen molar-refractivity contribution in [2.45, 2.75) is 12.8 Å². The van der Waals surface area contributed by atoms with E-state index in [1.54, 1.807) is 0 Å². The molecule has 1 saturated carbocycles. The van der Waals surface area contributed by atoms with E-state index >= 15 is 0 Å². The number of rotatable bonds is 1. The first kappa shape index (κ1) is 9.81. The Hall–Kier alpha value is -0.280. The molecule has 4 heteroatoms. The number of fused-ring (bicyclic) bond motifs is 1. The molecule has 1 aliphatic heterocycles. The van der Waals surface area contributed by atoms with Crippen molar-refractivity contribution >= 4 is 18.4 Å². The summed E-state index contributed by atoms with van der Waals surface area (Å²) in [7, 11) is 0. The number of nitrogens with one attached hydrogen (secondary N) is 1. The lowest BCUT2D eigenvalue weighted by atomic mass is 9.93. The summed E-state index contributed by atoms with van der Waals surface area (Å²) in [6.45, 7) is 1.95. The number of aliphatic carboxylic acids is 1. The zero-order valence-electron chi connectivity index (χ0n) is 6.82. The molecule has 3 atom stereocenters. The Morgan fingerprint density at radius 1 is 1.33 bits per heavy atom. The highest BCUT2D eigenvalue weighted by Gasteiger charge is 2.42. The van der Waals surface area contributed by atoms with Crippen LogP contribution in [0.5, 0.6) is 0 Å². The van der Waals surface area contributed by atoms with Crippen LogP contribution >= 0.6 is 12.4 Å². The molecule has 12 heavy (non-hydrogen) atoms. The maximum Gasteiger partial charge on any atom is 0.306 e. The van der Waals surface area contributed by atoms with Crippen LogP contribution in [0.3, 0.4) is 0 Å². The number of carboxylic acids is 1. The van der Waals surface area contributed by atoms with Gasteiger partial charge in [-0.15, -0.1) is 12.4 Å². The number of carboxylic acid groups (broad SMARTS) is 1. The zero-order valence-corrected chi connectivity index (χ0v) is 7.64. The first-order valence-corrected chi connectivity index (χ1v) is 4.22. The Kier molecular flexibility index (Phi) is 2.96. The predicted molar refractivity (Wildman–Crippen MR) is 47.5 cm³/mol. The summed E-state index contributed by atoms with van der Waals surface area (Å²) >= 11 is 0. The Bertz CT molecular complexity index is 186. The lowest BCUT2D eigenvalue weighted by molar-refractivity contribution is -0.142. The molecule has 0 aromatic rings. The van der Waals surface area contributed by atoms with Crippen LogP contribution in [0, 0.1) is 17.8 Å². The normalized spacial score (nSPS) is 38.8. The Balaban J connectivity index is 0.000000720. The maximum absolute atomic E-state index is 10.7. The van der Waals surface area contributed by atoms with E-state index in [0.717, 1.165) is 25.9 Å². The van der Waals surface area contributed by atoms with Crippen LogP contribution in [-0.2, 0) is 4.79 Å². The fraction of sp³-hybridized carbons (Fsp3) is 0.875. The zero-order chi connectivity index (χ0) is 7.84. The summed E-state index contributed by atoms with van der Waals surface area (Å²) in [6.07, 6.45) is 2.00. The fourth-order valence-corrected chi connectivity index (χ4v) is 2.45. The second-order valence-electron chi connectivity index (χ2n) is 3.60. The summed E-state index contributed by atoms with van der Waals surface area (Å²) in [6, 6.07) is 0. The summed E-state index contributed by atoms with van der Waals surface area (Å²) in [5.74, 6) is 0.416. The second kappa shape index (κ2) is 3.62. The van der Waals surface area contributed by atoms with Crippen molar-refractivity contribution in [2.24, 2.45) is 17.8 Å². The number of hydrogen-bond donors (Lipinski definition) is 2. The van der Waals surface area contributed by atoms with E-state index in [1.165, 1.54) is 0 Å². The van der Waals surface area contributed by atoms with E-state index in [2.05, 4.69) is 5.32 Å². The van der Waals surface area contributed by atoms with Crippen LogP contribution < -0.4 is 5.32 Å². The van der Waals surface area contributed by atoms with Gasteiger partial charge in [0.1, 0.15) is 0 Å². The quantitative estimate of drug-likeness (QED) is 0.643. The van der Waals surface area contributed by atoms with Crippen LogP contribution in [0.1, 0.15) is 12.8 Å². The summed E-state index contributed by atoms with van der Waals surface area (Å²) < 4.78 is 0. The van der Waals surface area contributed by atoms with Crippen LogP contribution in [0.2, 0.25) is 0 Å². The molecular weight excluding hydrogens is 178 g/mol. The Morgan fingerprint density at radius 3 is 2.75 bits per heavy atom. The molecule has 1 heterocycles. The molecule has 70 valence electrons. The molecule has 0 radical (unpaired) electrons. The molecular formula is C8H14ClNO2. The van der Waals surface area contributed by atoms with Gasteiger partial charge >= 0.3 is 5.97 Å². The molecule has 2 fully saturated rings. The third-order valence-corrected chi connectivity index (χ3v) is 3.07. The van der Waals surface area contributed by atoms with Crippen molar-refractivity contribution in [1.82, 2.24) is 5.32 Å². The minimum absolute atomic E-state index is 0. The summed E-state index contributed by atoms with van der Waals surface area (Å²) in [5, 5.41) is 12.1. The van der Waals surface area contributed by atoms with E-state index in [4.69, 9.17) is 5.11 Å². The monoisotopic (exact) mass is 191 g/mol. The first-order valence-electron chi connectivity index (χ1n) is 4.22. The number of halogens is 1. The molecule has 0 bridgehead atoms. The van der Waals surface area contributed by atoms with Gasteiger partial charge in [-0.25, -0.2) is 0 Å². The molecule has 0 aromatic carbocycles. The van der Waals surface area contributed by atoms with Crippen LogP contribution in [0.15, 0.2) is 0 Å². The van der Waals surface area contributed by atoms with Gasteiger partial charge in [-0.3, -0.25) is 4.79 Å². The minimum atomic E-state index is -0.596. The lowest BCUT2D eigenvalue weighted by Crippen LogP contribution is -2.22. The van der Waals surface area contributed by atoms with E-state index < -0.39 is 5.97 Å². The predicted octanol–water partition coefficient (Wildman–Crippen LogP) is 0.738. The summed E-state index contributed by atoms with van der Waals surface area (Å²) in [5.41, 5.74) is 0. The average molecular weight is 192 g/mol. The molecule has 3 unspecified atom stereocenters. The topological polar surface area (TPSA) is 49.3 Å². The van der Waals surface area contributed by atoms with Crippen molar-refractivity contribution in [2.75, 3.05) is 13.1 Å². The van der Waals surface area contributed by atoms with Gasteiger partial charge in [-0.2, -0.15) is 0 Å². The van der Waals surface area contributed by atoms with Gasteiger partial charge in [-0.05, 0) is 37.8 Å². The van der Waals surface area contributed by atoms with Gasteiger partial charge < -0.3 is 10.4 Å². The van der Waals surface area contributed by atoms with E-state index in [9.17, 15) is 4.79 Å². The molecule has 1 aliphatic carbocycles. The molecule has 0 amide bonds. The van der Waals surface area contributed by atoms with Crippen molar-refractivity contribution in [3.8, 4) is 0 Å². The van der Waals surface area contributed by atoms with Crippen molar-refractivity contribution < 1.29 is 9.90 Å². The molecule has 1 saturated heterocycles. The molecule has 2 N–H and O–H groups in total. The van der Waals surface area contributed by atoms with E-state index in [-0.39, 0.29) is 18.3 Å². The average Bonchev–Trinajstić information content (AvgIpc) is 2.41.